The second kappa shape index (κ2) is 13.2. The summed E-state index contributed by atoms with van der Waals surface area (Å²) in [6.45, 7) is 0. The van der Waals surface area contributed by atoms with Crippen molar-refractivity contribution in [1.82, 2.24) is 0 Å². The zero-order valence-electron chi connectivity index (χ0n) is 26.6. The van der Waals surface area contributed by atoms with Crippen LogP contribution in [0.4, 0.5) is 0 Å². The molecular formula is C48H34. The molecule has 0 aliphatic rings. The minimum absolute atomic E-state index is 1.17. The lowest BCUT2D eigenvalue weighted by atomic mass is 9.82. The number of fused-ring (bicyclic) bond motifs is 2. The predicted molar refractivity (Wildman–Crippen MR) is 209 cm³/mol. The molecule has 0 unspecified atom stereocenters. The van der Waals surface area contributed by atoms with Crippen LogP contribution in [0.3, 0.4) is 0 Å². The first-order valence-corrected chi connectivity index (χ1v) is 16.5. The lowest BCUT2D eigenvalue weighted by molar-refractivity contribution is 1.61. The highest BCUT2D eigenvalue weighted by Gasteiger charge is 2.19. The minimum Gasteiger partial charge on any atom is -0.0622 e. The van der Waals surface area contributed by atoms with Crippen LogP contribution < -0.4 is 0 Å². The standard InChI is InChI=1S/C48H34/c1-4-15-35(16-5-1)29-31-37-19-12-23-40(33-37)46-43-25-10-11-26-44(43)47(48-42(27-14-28-45(46)48)39-21-8-3-9-22-39)41-24-13-20-38(34-41)32-30-36-17-6-2-7-18-36/h1-34H/b31-29+,32-30+. The SMILES string of the molecule is C(=C\c1cccc(-c2c3ccccc3c(-c3cccc(/C=C/c4ccccc4)c3)c3c(-c4ccccc4)cccc23)c1)/c1ccccc1. The monoisotopic (exact) mass is 610 g/mol. The Morgan fingerprint density at radius 1 is 0.271 bits per heavy atom. The third-order valence-corrected chi connectivity index (χ3v) is 9.02. The number of hydrogen-bond acceptors (Lipinski definition) is 0. The Labute approximate surface area is 282 Å². The van der Waals surface area contributed by atoms with Crippen molar-refractivity contribution in [2.45, 2.75) is 0 Å². The predicted octanol–water partition coefficient (Wildman–Crippen LogP) is 13.3. The molecule has 0 heterocycles. The fourth-order valence-corrected chi connectivity index (χ4v) is 6.81. The van der Waals surface area contributed by atoms with E-state index in [2.05, 4.69) is 206 Å². The van der Waals surface area contributed by atoms with Crippen LogP contribution in [0.25, 0.3) is 79.2 Å². The van der Waals surface area contributed by atoms with Gasteiger partial charge in [-0.05, 0) is 89.3 Å². The van der Waals surface area contributed by atoms with Crippen molar-refractivity contribution in [3.8, 4) is 33.4 Å². The second-order valence-corrected chi connectivity index (χ2v) is 12.1. The van der Waals surface area contributed by atoms with E-state index >= 15 is 0 Å². The molecule has 0 heteroatoms. The summed E-state index contributed by atoms with van der Waals surface area (Å²) in [7, 11) is 0. The topological polar surface area (TPSA) is 0 Å². The summed E-state index contributed by atoms with van der Waals surface area (Å²) in [6, 6.07) is 65.4. The first kappa shape index (κ1) is 29.2. The van der Waals surface area contributed by atoms with Crippen LogP contribution in [0, 0.1) is 0 Å². The normalized spacial score (nSPS) is 11.6. The number of hydrogen-bond donors (Lipinski definition) is 0. The van der Waals surface area contributed by atoms with Gasteiger partial charge in [0.25, 0.3) is 0 Å². The van der Waals surface area contributed by atoms with E-state index in [0.29, 0.717) is 0 Å². The van der Waals surface area contributed by atoms with Gasteiger partial charge in [-0.3, -0.25) is 0 Å². The molecule has 0 saturated heterocycles. The zero-order chi connectivity index (χ0) is 32.1. The third kappa shape index (κ3) is 5.88. The van der Waals surface area contributed by atoms with Gasteiger partial charge in [0.1, 0.15) is 0 Å². The van der Waals surface area contributed by atoms with Gasteiger partial charge >= 0.3 is 0 Å². The van der Waals surface area contributed by atoms with E-state index < -0.39 is 0 Å². The molecule has 8 aromatic rings. The molecule has 48 heavy (non-hydrogen) atoms. The lowest BCUT2D eigenvalue weighted by Crippen LogP contribution is -1.93. The van der Waals surface area contributed by atoms with Crippen LogP contribution in [-0.2, 0) is 0 Å². The van der Waals surface area contributed by atoms with Crippen molar-refractivity contribution in [2.24, 2.45) is 0 Å². The Morgan fingerprint density at radius 3 is 1.25 bits per heavy atom. The van der Waals surface area contributed by atoms with E-state index in [1.54, 1.807) is 0 Å². The van der Waals surface area contributed by atoms with E-state index in [1.165, 1.54) is 77.2 Å². The van der Waals surface area contributed by atoms with E-state index in [0.717, 1.165) is 0 Å². The van der Waals surface area contributed by atoms with Crippen molar-refractivity contribution in [2.75, 3.05) is 0 Å². The van der Waals surface area contributed by atoms with Crippen molar-refractivity contribution in [1.29, 1.82) is 0 Å². The van der Waals surface area contributed by atoms with Crippen molar-refractivity contribution < 1.29 is 0 Å². The molecule has 0 amide bonds. The highest BCUT2D eigenvalue weighted by atomic mass is 14.2. The van der Waals surface area contributed by atoms with Gasteiger partial charge in [0, 0.05) is 0 Å². The molecule has 0 aliphatic carbocycles. The molecule has 0 N–H and O–H groups in total. The average Bonchev–Trinajstić information content (AvgIpc) is 3.16. The Hall–Kier alpha value is -6.24. The summed E-state index contributed by atoms with van der Waals surface area (Å²) in [5.41, 5.74) is 12.1. The minimum atomic E-state index is 1.17. The summed E-state index contributed by atoms with van der Waals surface area (Å²) < 4.78 is 0. The lowest BCUT2D eigenvalue weighted by Gasteiger charge is -2.20. The molecule has 226 valence electrons. The van der Waals surface area contributed by atoms with Gasteiger partial charge < -0.3 is 0 Å². The van der Waals surface area contributed by atoms with Crippen LogP contribution in [0.1, 0.15) is 22.3 Å². The van der Waals surface area contributed by atoms with Gasteiger partial charge in [0.15, 0.2) is 0 Å². The first-order chi connectivity index (χ1) is 23.8. The fraction of sp³-hybridized carbons (Fsp3) is 0. The van der Waals surface area contributed by atoms with Gasteiger partial charge in [0.2, 0.25) is 0 Å². The summed E-state index contributed by atoms with van der Waals surface area (Å²) in [4.78, 5) is 0. The van der Waals surface area contributed by atoms with Gasteiger partial charge in [0.05, 0.1) is 0 Å². The maximum absolute atomic E-state index is 2.33. The van der Waals surface area contributed by atoms with Crippen LogP contribution in [0.15, 0.2) is 182 Å². The maximum atomic E-state index is 2.33. The van der Waals surface area contributed by atoms with Crippen molar-refractivity contribution in [3.63, 3.8) is 0 Å². The molecule has 0 radical (unpaired) electrons. The molecule has 0 spiro atoms. The van der Waals surface area contributed by atoms with Gasteiger partial charge in [-0.15, -0.1) is 0 Å². The van der Waals surface area contributed by atoms with E-state index in [1.807, 2.05) is 0 Å². The Kier molecular flexibility index (Phi) is 8.05. The Balaban J connectivity index is 1.38. The molecule has 0 saturated carbocycles. The van der Waals surface area contributed by atoms with Crippen LogP contribution in [0.5, 0.6) is 0 Å². The molecule has 0 aromatic heterocycles. The second-order valence-electron chi connectivity index (χ2n) is 12.1. The Morgan fingerprint density at radius 2 is 0.667 bits per heavy atom. The van der Waals surface area contributed by atoms with Crippen LogP contribution in [0.2, 0.25) is 0 Å². The first-order valence-electron chi connectivity index (χ1n) is 16.5. The van der Waals surface area contributed by atoms with E-state index in [4.69, 9.17) is 0 Å². The van der Waals surface area contributed by atoms with E-state index in [-0.39, 0.29) is 0 Å². The highest BCUT2D eigenvalue weighted by Crippen LogP contribution is 2.47. The fourth-order valence-electron chi connectivity index (χ4n) is 6.81. The average molecular weight is 611 g/mol. The smallest absolute Gasteiger partial charge is 0.00141 e. The summed E-state index contributed by atoms with van der Waals surface area (Å²) in [6.07, 6.45) is 8.80. The van der Waals surface area contributed by atoms with Gasteiger partial charge in [-0.25, -0.2) is 0 Å². The van der Waals surface area contributed by atoms with Crippen LogP contribution in [-0.4, -0.2) is 0 Å². The molecule has 0 fully saturated rings. The molecular weight excluding hydrogens is 577 g/mol. The zero-order valence-corrected chi connectivity index (χ0v) is 26.6. The Bertz CT molecular complexity index is 2410. The molecule has 8 rings (SSSR count). The molecule has 0 nitrogen and oxygen atoms in total. The van der Waals surface area contributed by atoms with E-state index in [9.17, 15) is 0 Å². The maximum Gasteiger partial charge on any atom is -0.00141 e. The summed E-state index contributed by atoms with van der Waals surface area (Å²) in [5, 5.41) is 5.02. The number of rotatable bonds is 7. The van der Waals surface area contributed by atoms with Gasteiger partial charge in [-0.2, -0.15) is 0 Å². The largest absolute Gasteiger partial charge is 0.0622 e. The molecule has 0 bridgehead atoms. The van der Waals surface area contributed by atoms with Gasteiger partial charge in [-0.1, -0.05) is 194 Å². The quantitative estimate of drug-likeness (QED) is 0.124. The third-order valence-electron chi connectivity index (χ3n) is 9.02. The van der Waals surface area contributed by atoms with Crippen molar-refractivity contribution >= 4 is 45.8 Å². The molecule has 0 atom stereocenters. The van der Waals surface area contributed by atoms with Crippen LogP contribution >= 0.6 is 0 Å². The number of benzene rings is 8. The molecule has 0 aliphatic heterocycles. The van der Waals surface area contributed by atoms with Crippen molar-refractivity contribution in [3.05, 3.63) is 204 Å². The highest BCUT2D eigenvalue weighted by molar-refractivity contribution is 6.24. The molecule has 8 aromatic carbocycles. The summed E-state index contributed by atoms with van der Waals surface area (Å²) in [5.74, 6) is 0. The summed E-state index contributed by atoms with van der Waals surface area (Å²) >= 11 is 0.